The van der Waals surface area contributed by atoms with E-state index in [-0.39, 0.29) is 5.56 Å². The highest BCUT2D eigenvalue weighted by molar-refractivity contribution is 5.77. The lowest BCUT2D eigenvalue weighted by molar-refractivity contribution is -0.147. The standard InChI is InChI=1S/C23H26N2O5/c1-4-21(28-5-2)23(27)30-18-12-10-17(11-13-18)29-15-14-25-16(3)24-20-9-7-6-8-19(20)22(25)26/h6-13,21H,4-5,14-15H2,1-3H3. The molecule has 0 radical (unpaired) electrons. The highest BCUT2D eigenvalue weighted by atomic mass is 16.6. The van der Waals surface area contributed by atoms with Gasteiger partial charge in [-0.2, -0.15) is 0 Å². The predicted octanol–water partition coefficient (Wildman–Crippen LogP) is 3.50. The van der Waals surface area contributed by atoms with Gasteiger partial charge in [0.05, 0.1) is 17.4 Å². The Morgan fingerprint density at radius 1 is 1.07 bits per heavy atom. The second kappa shape index (κ2) is 10.0. The summed E-state index contributed by atoms with van der Waals surface area (Å²) >= 11 is 0. The van der Waals surface area contributed by atoms with Crippen molar-refractivity contribution in [3.8, 4) is 11.5 Å². The molecule has 7 heteroatoms. The molecule has 1 aromatic heterocycles. The molecule has 1 heterocycles. The molecular weight excluding hydrogens is 384 g/mol. The lowest BCUT2D eigenvalue weighted by atomic mass is 10.2. The van der Waals surface area contributed by atoms with Crippen molar-refractivity contribution in [3.05, 3.63) is 64.7 Å². The molecule has 7 nitrogen and oxygen atoms in total. The lowest BCUT2D eigenvalue weighted by Crippen LogP contribution is -2.28. The summed E-state index contributed by atoms with van der Waals surface area (Å²) in [5.41, 5.74) is 0.612. The molecule has 0 bridgehead atoms. The van der Waals surface area contributed by atoms with E-state index < -0.39 is 12.1 Å². The van der Waals surface area contributed by atoms with E-state index in [1.165, 1.54) is 0 Å². The molecule has 0 fully saturated rings. The van der Waals surface area contributed by atoms with E-state index in [0.717, 1.165) is 0 Å². The molecule has 0 aliphatic carbocycles. The smallest absolute Gasteiger partial charge is 0.340 e. The molecule has 3 aromatic rings. The predicted molar refractivity (Wildman–Crippen MR) is 114 cm³/mol. The van der Waals surface area contributed by atoms with Crippen LogP contribution >= 0.6 is 0 Å². The normalized spacial score (nSPS) is 12.0. The average molecular weight is 410 g/mol. The van der Waals surface area contributed by atoms with Crippen LogP contribution in [0.25, 0.3) is 10.9 Å². The van der Waals surface area contributed by atoms with Gasteiger partial charge in [0.1, 0.15) is 23.9 Å². The molecule has 0 saturated heterocycles. The maximum absolute atomic E-state index is 12.7. The van der Waals surface area contributed by atoms with Gasteiger partial charge >= 0.3 is 5.97 Å². The summed E-state index contributed by atoms with van der Waals surface area (Å²) in [5.74, 6) is 1.28. The minimum Gasteiger partial charge on any atom is -0.492 e. The Labute approximate surface area is 175 Å². The van der Waals surface area contributed by atoms with Gasteiger partial charge in [0.25, 0.3) is 5.56 Å². The quantitative estimate of drug-likeness (QED) is 0.397. The van der Waals surface area contributed by atoms with Crippen molar-refractivity contribution in [1.29, 1.82) is 0 Å². The van der Waals surface area contributed by atoms with Crippen molar-refractivity contribution in [2.24, 2.45) is 0 Å². The summed E-state index contributed by atoms with van der Waals surface area (Å²) in [7, 11) is 0. The van der Waals surface area contributed by atoms with Crippen molar-refractivity contribution in [2.45, 2.75) is 39.8 Å². The Hall–Kier alpha value is -3.19. The number of ether oxygens (including phenoxy) is 3. The summed E-state index contributed by atoms with van der Waals surface area (Å²) in [6.45, 7) is 6.66. The van der Waals surface area contributed by atoms with Crippen molar-refractivity contribution in [3.63, 3.8) is 0 Å². The maximum atomic E-state index is 12.7. The Kier molecular flexibility index (Phi) is 7.19. The van der Waals surface area contributed by atoms with Gasteiger partial charge in [-0.15, -0.1) is 0 Å². The minimum atomic E-state index is -0.567. The van der Waals surface area contributed by atoms with Gasteiger partial charge in [-0.3, -0.25) is 9.36 Å². The van der Waals surface area contributed by atoms with E-state index in [0.29, 0.717) is 54.4 Å². The van der Waals surface area contributed by atoms with Crippen LogP contribution in [-0.4, -0.2) is 34.8 Å². The average Bonchev–Trinajstić information content (AvgIpc) is 2.75. The van der Waals surface area contributed by atoms with Crippen LogP contribution in [-0.2, 0) is 16.1 Å². The first-order valence-electron chi connectivity index (χ1n) is 10.1. The first kappa shape index (κ1) is 21.5. The van der Waals surface area contributed by atoms with Crippen LogP contribution in [0.1, 0.15) is 26.1 Å². The van der Waals surface area contributed by atoms with Gasteiger partial charge in [-0.1, -0.05) is 19.1 Å². The molecule has 0 spiro atoms. The van der Waals surface area contributed by atoms with Gasteiger partial charge < -0.3 is 14.2 Å². The van der Waals surface area contributed by atoms with Crippen molar-refractivity contribution in [1.82, 2.24) is 9.55 Å². The molecular formula is C23H26N2O5. The molecule has 158 valence electrons. The number of hydrogen-bond donors (Lipinski definition) is 0. The monoisotopic (exact) mass is 410 g/mol. The number of carbonyl (C=O) groups excluding carboxylic acids is 1. The van der Waals surface area contributed by atoms with E-state index in [9.17, 15) is 9.59 Å². The van der Waals surface area contributed by atoms with Crippen LogP contribution in [0.4, 0.5) is 0 Å². The van der Waals surface area contributed by atoms with Crippen LogP contribution < -0.4 is 15.0 Å². The molecule has 1 unspecified atom stereocenters. The van der Waals surface area contributed by atoms with E-state index in [2.05, 4.69) is 4.98 Å². The van der Waals surface area contributed by atoms with Gasteiger partial charge in [-0.25, -0.2) is 9.78 Å². The highest BCUT2D eigenvalue weighted by Gasteiger charge is 2.18. The third-order valence-corrected chi connectivity index (χ3v) is 4.68. The van der Waals surface area contributed by atoms with Crippen molar-refractivity contribution in [2.75, 3.05) is 13.2 Å². The Morgan fingerprint density at radius 2 is 1.77 bits per heavy atom. The lowest BCUT2D eigenvalue weighted by Gasteiger charge is -2.14. The third-order valence-electron chi connectivity index (χ3n) is 4.68. The Morgan fingerprint density at radius 3 is 2.47 bits per heavy atom. The van der Waals surface area contributed by atoms with Crippen LogP contribution in [0.2, 0.25) is 0 Å². The highest BCUT2D eigenvalue weighted by Crippen LogP contribution is 2.19. The summed E-state index contributed by atoms with van der Waals surface area (Å²) in [4.78, 5) is 29.2. The zero-order chi connectivity index (χ0) is 21.5. The molecule has 0 N–H and O–H groups in total. The number of hydrogen-bond acceptors (Lipinski definition) is 6. The number of para-hydroxylation sites is 1. The van der Waals surface area contributed by atoms with Gasteiger partial charge in [-0.05, 0) is 56.7 Å². The number of aromatic nitrogens is 2. The van der Waals surface area contributed by atoms with E-state index in [4.69, 9.17) is 14.2 Å². The zero-order valence-corrected chi connectivity index (χ0v) is 17.5. The van der Waals surface area contributed by atoms with E-state index in [1.807, 2.05) is 39.0 Å². The molecule has 0 amide bonds. The number of rotatable bonds is 9. The number of benzene rings is 2. The number of esters is 1. The van der Waals surface area contributed by atoms with Gasteiger partial charge in [0, 0.05) is 6.61 Å². The minimum absolute atomic E-state index is 0.0799. The fraction of sp³-hybridized carbons (Fsp3) is 0.348. The zero-order valence-electron chi connectivity index (χ0n) is 17.5. The van der Waals surface area contributed by atoms with E-state index in [1.54, 1.807) is 34.9 Å². The van der Waals surface area contributed by atoms with Crippen LogP contribution in [0, 0.1) is 6.92 Å². The molecule has 30 heavy (non-hydrogen) atoms. The largest absolute Gasteiger partial charge is 0.492 e. The number of aryl methyl sites for hydroxylation is 1. The number of carbonyl (C=O) groups is 1. The maximum Gasteiger partial charge on any atom is 0.340 e. The summed E-state index contributed by atoms with van der Waals surface area (Å²) in [6, 6.07) is 14.1. The first-order chi connectivity index (χ1) is 14.5. The van der Waals surface area contributed by atoms with Crippen molar-refractivity contribution >= 4 is 16.9 Å². The summed E-state index contributed by atoms with van der Waals surface area (Å²) in [6.07, 6.45) is -0.0148. The fourth-order valence-corrected chi connectivity index (χ4v) is 3.14. The second-order valence-electron chi connectivity index (χ2n) is 6.73. The summed E-state index contributed by atoms with van der Waals surface area (Å²) in [5, 5.41) is 0.590. The number of fused-ring (bicyclic) bond motifs is 1. The van der Waals surface area contributed by atoms with Gasteiger partial charge in [0.2, 0.25) is 0 Å². The third kappa shape index (κ3) is 5.04. The SMILES string of the molecule is CCOC(CC)C(=O)Oc1ccc(OCCn2c(C)nc3ccccc3c2=O)cc1. The molecule has 3 rings (SSSR count). The molecule has 2 aromatic carbocycles. The fourth-order valence-electron chi connectivity index (χ4n) is 3.14. The second-order valence-corrected chi connectivity index (χ2v) is 6.73. The van der Waals surface area contributed by atoms with Crippen LogP contribution in [0.3, 0.4) is 0 Å². The van der Waals surface area contributed by atoms with Crippen LogP contribution in [0.5, 0.6) is 11.5 Å². The topological polar surface area (TPSA) is 79.7 Å². The Balaban J connectivity index is 1.59. The first-order valence-corrected chi connectivity index (χ1v) is 10.1. The molecule has 0 saturated carbocycles. The Bertz CT molecular complexity index is 1060. The number of nitrogens with zero attached hydrogens (tertiary/aromatic N) is 2. The molecule has 0 aliphatic rings. The van der Waals surface area contributed by atoms with Gasteiger partial charge in [0.15, 0.2) is 6.10 Å². The molecule has 0 aliphatic heterocycles. The van der Waals surface area contributed by atoms with Crippen molar-refractivity contribution < 1.29 is 19.0 Å². The summed E-state index contributed by atoms with van der Waals surface area (Å²) < 4.78 is 18.1. The van der Waals surface area contributed by atoms with E-state index >= 15 is 0 Å². The molecule has 1 atom stereocenters. The van der Waals surface area contributed by atoms with Crippen LogP contribution in [0.15, 0.2) is 53.3 Å².